The van der Waals surface area contributed by atoms with Gasteiger partial charge >= 0.3 is 11.9 Å². The van der Waals surface area contributed by atoms with Crippen LogP contribution in [0, 0.1) is 35.5 Å². The van der Waals surface area contributed by atoms with Crippen molar-refractivity contribution in [3.63, 3.8) is 0 Å². The first-order chi connectivity index (χ1) is 14.0. The van der Waals surface area contributed by atoms with E-state index in [0.29, 0.717) is 23.7 Å². The maximum atomic E-state index is 12.5. The van der Waals surface area contributed by atoms with Crippen molar-refractivity contribution in [2.24, 2.45) is 35.5 Å². The van der Waals surface area contributed by atoms with E-state index in [0.717, 1.165) is 38.5 Å². The van der Waals surface area contributed by atoms with E-state index in [2.05, 4.69) is 41.5 Å². The number of hydrogen-bond acceptors (Lipinski definition) is 6. The minimum atomic E-state index is -1.93. The maximum Gasteiger partial charge on any atom is 0.338 e. The van der Waals surface area contributed by atoms with Crippen LogP contribution in [0.2, 0.25) is 0 Å². The molecule has 0 saturated heterocycles. The topological polar surface area (TPSA) is 93.1 Å². The fraction of sp³-hybridized carbons (Fsp3) is 0.917. The molecule has 0 aromatic carbocycles. The van der Waals surface area contributed by atoms with Gasteiger partial charge in [-0.05, 0) is 61.2 Å². The largest absolute Gasteiger partial charge is 0.460 e. The number of ether oxygens (including phenoxy) is 2. The molecule has 0 aromatic heterocycles. The summed E-state index contributed by atoms with van der Waals surface area (Å²) < 4.78 is 11.2. The second-order valence-electron chi connectivity index (χ2n) is 10.5. The quantitative estimate of drug-likeness (QED) is 0.603. The Balaban J connectivity index is 1.96. The SMILES string of the molecule is CC(C)[C@H]1CC[C@@H](C)C[C@H]1OC(=O)[C@H](O)[C@H](O)C(=O)O[C@@H]1C[C@@H](C)CC[C@H]1C(C)C. The molecule has 2 aliphatic carbocycles. The average Bonchev–Trinajstić information content (AvgIpc) is 2.66. The van der Waals surface area contributed by atoms with E-state index in [1.165, 1.54) is 0 Å². The zero-order valence-electron chi connectivity index (χ0n) is 19.5. The van der Waals surface area contributed by atoms with Crippen molar-refractivity contribution in [3.05, 3.63) is 0 Å². The van der Waals surface area contributed by atoms with E-state index in [1.807, 2.05) is 0 Å². The fourth-order valence-electron chi connectivity index (χ4n) is 5.20. The molecule has 0 heterocycles. The van der Waals surface area contributed by atoms with Crippen molar-refractivity contribution in [2.45, 2.75) is 104 Å². The normalized spacial score (nSPS) is 34.5. The molecule has 174 valence electrons. The minimum absolute atomic E-state index is 0.219. The number of rotatable bonds is 7. The first kappa shape index (κ1) is 25.1. The average molecular weight is 427 g/mol. The van der Waals surface area contributed by atoms with Crippen molar-refractivity contribution >= 4 is 11.9 Å². The lowest BCUT2D eigenvalue weighted by molar-refractivity contribution is -0.185. The highest BCUT2D eigenvalue weighted by molar-refractivity contribution is 5.85. The third-order valence-electron chi connectivity index (χ3n) is 7.24. The third-order valence-corrected chi connectivity index (χ3v) is 7.24. The summed E-state index contributed by atoms with van der Waals surface area (Å²) in [6.07, 6.45) is 1.11. The number of aliphatic hydroxyl groups is 2. The van der Waals surface area contributed by atoms with Gasteiger partial charge in [0.15, 0.2) is 12.2 Å². The summed E-state index contributed by atoms with van der Waals surface area (Å²) >= 11 is 0. The molecule has 0 bridgehead atoms. The van der Waals surface area contributed by atoms with Crippen molar-refractivity contribution < 1.29 is 29.3 Å². The molecule has 0 spiro atoms. The summed E-state index contributed by atoms with van der Waals surface area (Å²) in [7, 11) is 0. The van der Waals surface area contributed by atoms with Gasteiger partial charge in [-0.2, -0.15) is 0 Å². The Morgan fingerprint density at radius 3 is 1.33 bits per heavy atom. The van der Waals surface area contributed by atoms with Gasteiger partial charge in [0.25, 0.3) is 0 Å². The second kappa shape index (κ2) is 10.9. The summed E-state index contributed by atoms with van der Waals surface area (Å²) in [5, 5.41) is 20.6. The number of carbonyl (C=O) groups is 2. The van der Waals surface area contributed by atoms with Gasteiger partial charge in [0.05, 0.1) is 0 Å². The molecule has 2 fully saturated rings. The molecule has 30 heavy (non-hydrogen) atoms. The number of aliphatic hydroxyl groups excluding tert-OH is 2. The van der Waals surface area contributed by atoms with Gasteiger partial charge in [0, 0.05) is 0 Å². The van der Waals surface area contributed by atoms with Crippen LogP contribution in [-0.2, 0) is 19.1 Å². The van der Waals surface area contributed by atoms with Gasteiger partial charge in [-0.3, -0.25) is 0 Å². The van der Waals surface area contributed by atoms with Gasteiger partial charge in [-0.15, -0.1) is 0 Å². The molecule has 0 unspecified atom stereocenters. The van der Waals surface area contributed by atoms with Gasteiger partial charge in [-0.25, -0.2) is 9.59 Å². The van der Waals surface area contributed by atoms with Gasteiger partial charge in [0.2, 0.25) is 0 Å². The van der Waals surface area contributed by atoms with Crippen molar-refractivity contribution in [1.82, 2.24) is 0 Å². The van der Waals surface area contributed by atoms with Crippen molar-refractivity contribution in [2.75, 3.05) is 0 Å². The van der Waals surface area contributed by atoms with Crippen molar-refractivity contribution in [1.29, 1.82) is 0 Å². The minimum Gasteiger partial charge on any atom is -0.460 e. The molecule has 8 atom stereocenters. The molecular weight excluding hydrogens is 384 g/mol. The van der Waals surface area contributed by atoms with Crippen LogP contribution in [0.25, 0.3) is 0 Å². The number of carbonyl (C=O) groups excluding carboxylic acids is 2. The summed E-state index contributed by atoms with van der Waals surface area (Å²) in [6.45, 7) is 12.6. The van der Waals surface area contributed by atoms with E-state index >= 15 is 0 Å². The molecule has 2 N–H and O–H groups in total. The van der Waals surface area contributed by atoms with E-state index in [4.69, 9.17) is 9.47 Å². The Labute approximate surface area is 181 Å². The fourth-order valence-corrected chi connectivity index (χ4v) is 5.20. The van der Waals surface area contributed by atoms with Crippen LogP contribution in [0.1, 0.15) is 80.1 Å². The second-order valence-corrected chi connectivity index (χ2v) is 10.5. The van der Waals surface area contributed by atoms with E-state index in [9.17, 15) is 19.8 Å². The molecule has 2 rings (SSSR count). The standard InChI is InChI=1S/C24H42O6/c1-13(2)17-9-7-15(5)11-19(17)29-23(27)21(25)22(26)24(28)30-20-12-16(6)8-10-18(20)14(3)4/h13-22,25-26H,7-12H2,1-6H3/t15-,16+,17-,18+,19-,20-,21-,22+/m1/s1. The molecule has 6 heteroatoms. The lowest BCUT2D eigenvalue weighted by Gasteiger charge is -2.38. The summed E-state index contributed by atoms with van der Waals surface area (Å²) in [4.78, 5) is 25.0. The van der Waals surface area contributed by atoms with Crippen LogP contribution >= 0.6 is 0 Å². The number of esters is 2. The molecular formula is C24H42O6. The van der Waals surface area contributed by atoms with Gasteiger partial charge < -0.3 is 19.7 Å². The maximum absolute atomic E-state index is 12.5. The van der Waals surface area contributed by atoms with Crippen LogP contribution in [0.15, 0.2) is 0 Å². The van der Waals surface area contributed by atoms with Gasteiger partial charge in [-0.1, -0.05) is 54.4 Å². The predicted octanol–water partition coefficient (Wildman–Crippen LogP) is 3.72. The first-order valence-corrected chi connectivity index (χ1v) is 11.8. The van der Waals surface area contributed by atoms with Crippen LogP contribution in [0.3, 0.4) is 0 Å². The summed E-state index contributed by atoms with van der Waals surface area (Å²) in [6, 6.07) is 0. The number of hydrogen-bond donors (Lipinski definition) is 2. The highest BCUT2D eigenvalue weighted by Gasteiger charge is 2.40. The highest BCUT2D eigenvalue weighted by atomic mass is 16.6. The molecule has 6 nitrogen and oxygen atoms in total. The Hall–Kier alpha value is -1.14. The van der Waals surface area contributed by atoms with Gasteiger partial charge in [0.1, 0.15) is 12.2 Å². The smallest absolute Gasteiger partial charge is 0.338 e. The molecule has 2 aliphatic rings. The summed E-state index contributed by atoms with van der Waals surface area (Å²) in [5.41, 5.74) is 0. The Morgan fingerprint density at radius 1 is 0.700 bits per heavy atom. The zero-order valence-corrected chi connectivity index (χ0v) is 19.5. The van der Waals surface area contributed by atoms with E-state index in [1.54, 1.807) is 0 Å². The van der Waals surface area contributed by atoms with E-state index < -0.39 is 24.1 Å². The Kier molecular flexibility index (Phi) is 9.16. The first-order valence-electron chi connectivity index (χ1n) is 11.8. The molecule has 0 radical (unpaired) electrons. The lowest BCUT2D eigenvalue weighted by atomic mass is 9.75. The lowest BCUT2D eigenvalue weighted by Crippen LogP contribution is -2.47. The predicted molar refractivity (Wildman–Crippen MR) is 114 cm³/mol. The van der Waals surface area contributed by atoms with Crippen LogP contribution in [-0.4, -0.2) is 46.6 Å². The Morgan fingerprint density at radius 2 is 1.03 bits per heavy atom. The molecule has 0 amide bonds. The highest BCUT2D eigenvalue weighted by Crippen LogP contribution is 2.37. The molecule has 2 saturated carbocycles. The van der Waals surface area contributed by atoms with Crippen LogP contribution < -0.4 is 0 Å². The monoisotopic (exact) mass is 426 g/mol. The zero-order chi connectivity index (χ0) is 22.6. The Bertz CT molecular complexity index is 524. The van der Waals surface area contributed by atoms with Crippen LogP contribution in [0.4, 0.5) is 0 Å². The third kappa shape index (κ3) is 6.43. The van der Waals surface area contributed by atoms with Crippen molar-refractivity contribution in [3.8, 4) is 0 Å². The molecule has 0 aromatic rings. The summed E-state index contributed by atoms with van der Waals surface area (Å²) in [5.74, 6) is 0.126. The molecule has 0 aliphatic heterocycles. The van der Waals surface area contributed by atoms with E-state index in [-0.39, 0.29) is 24.0 Å². The van der Waals surface area contributed by atoms with Crippen LogP contribution in [0.5, 0.6) is 0 Å².